The van der Waals surface area contributed by atoms with Crippen molar-refractivity contribution in [2.45, 2.75) is 0 Å². The summed E-state index contributed by atoms with van der Waals surface area (Å²) >= 11 is 0. The zero-order chi connectivity index (χ0) is 9.38. The first kappa shape index (κ1) is 7.38. The van der Waals surface area contributed by atoms with Gasteiger partial charge in [-0.05, 0) is 12.1 Å². The van der Waals surface area contributed by atoms with Crippen molar-refractivity contribution in [3.63, 3.8) is 0 Å². The molecule has 3 heteroatoms. The molecule has 0 unspecified atom stereocenters. The maximum atomic E-state index is 4.34. The van der Waals surface area contributed by atoms with Crippen LogP contribution in [0.15, 0.2) is 42.9 Å². The molecule has 0 aliphatic rings. The van der Waals surface area contributed by atoms with E-state index in [1.165, 1.54) is 0 Å². The second kappa shape index (κ2) is 2.73. The number of nitrogens with zero attached hydrogens (tertiary/aromatic N) is 3. The zero-order valence-electron chi connectivity index (χ0n) is 7.38. The SMILES string of the molecule is c1ccc2ccc3ncnc3c2nc1. The van der Waals surface area contributed by atoms with Gasteiger partial charge in [-0.3, -0.25) is 4.98 Å². The predicted octanol–water partition coefficient (Wildman–Crippen LogP) is 2.18. The van der Waals surface area contributed by atoms with E-state index in [1.54, 1.807) is 12.5 Å². The van der Waals surface area contributed by atoms with Gasteiger partial charge in [0.1, 0.15) is 11.8 Å². The van der Waals surface area contributed by atoms with Gasteiger partial charge in [0.05, 0.1) is 11.0 Å². The fourth-order valence-electron chi connectivity index (χ4n) is 1.56. The Bertz CT molecular complexity index is 604. The lowest BCUT2D eigenvalue weighted by atomic mass is 10.2. The highest BCUT2D eigenvalue weighted by Crippen LogP contribution is 2.19. The average molecular weight is 181 g/mol. The minimum atomic E-state index is 0.874. The highest BCUT2D eigenvalue weighted by molar-refractivity contribution is 6.00. The Kier molecular flexibility index (Phi) is 1.44. The summed E-state index contributed by atoms with van der Waals surface area (Å²) in [5, 5.41) is 1.09. The molecule has 0 atom stereocenters. The Morgan fingerprint density at radius 1 is 0.786 bits per heavy atom. The van der Waals surface area contributed by atoms with Crippen molar-refractivity contribution in [3.8, 4) is 0 Å². The fraction of sp³-hybridized carbons (Fsp3) is 0. The standard InChI is InChI=1S/C11H7N3/c1-2-6-12-10-8(3-1)4-5-9-11(10)14-7-13-9/h1-7H. The van der Waals surface area contributed by atoms with Crippen LogP contribution in [0.1, 0.15) is 0 Å². The van der Waals surface area contributed by atoms with Crippen LogP contribution in [0, 0.1) is 0 Å². The van der Waals surface area contributed by atoms with Crippen LogP contribution < -0.4 is 0 Å². The molecular formula is C11H7N3. The van der Waals surface area contributed by atoms with Gasteiger partial charge >= 0.3 is 0 Å². The third-order valence-corrected chi connectivity index (χ3v) is 2.22. The predicted molar refractivity (Wildman–Crippen MR) is 54.8 cm³/mol. The van der Waals surface area contributed by atoms with Gasteiger partial charge in [-0.25, -0.2) is 9.97 Å². The van der Waals surface area contributed by atoms with Gasteiger partial charge in [0, 0.05) is 11.6 Å². The van der Waals surface area contributed by atoms with Crippen molar-refractivity contribution >= 4 is 21.9 Å². The van der Waals surface area contributed by atoms with E-state index < -0.39 is 0 Å². The van der Waals surface area contributed by atoms with Crippen LogP contribution in [0.2, 0.25) is 0 Å². The van der Waals surface area contributed by atoms with E-state index in [-0.39, 0.29) is 0 Å². The smallest absolute Gasteiger partial charge is 0.117 e. The monoisotopic (exact) mass is 181 g/mol. The van der Waals surface area contributed by atoms with Crippen LogP contribution in [0.5, 0.6) is 0 Å². The molecule has 3 rings (SSSR count). The first-order valence-electron chi connectivity index (χ1n) is 4.39. The van der Waals surface area contributed by atoms with Gasteiger partial charge in [-0.15, -0.1) is 0 Å². The Labute approximate surface area is 80.5 Å². The lowest BCUT2D eigenvalue weighted by Crippen LogP contribution is -1.75. The molecule has 2 aromatic heterocycles. The number of imidazole rings is 1. The molecule has 14 heavy (non-hydrogen) atoms. The molecule has 0 radical (unpaired) electrons. The van der Waals surface area contributed by atoms with Gasteiger partial charge in [0.15, 0.2) is 0 Å². The molecule has 0 fully saturated rings. The van der Waals surface area contributed by atoms with Crippen molar-refractivity contribution in [2.24, 2.45) is 0 Å². The molecule has 0 saturated heterocycles. The van der Waals surface area contributed by atoms with E-state index >= 15 is 0 Å². The highest BCUT2D eigenvalue weighted by Gasteiger charge is 2.01. The quantitative estimate of drug-likeness (QED) is 0.533. The van der Waals surface area contributed by atoms with Crippen LogP contribution in [0.4, 0.5) is 0 Å². The molecule has 3 nitrogen and oxygen atoms in total. The third kappa shape index (κ3) is 0.956. The molecule has 0 bridgehead atoms. The summed E-state index contributed by atoms with van der Waals surface area (Å²) in [4.78, 5) is 12.7. The van der Waals surface area contributed by atoms with Crippen LogP contribution in [-0.4, -0.2) is 15.0 Å². The number of fused-ring (bicyclic) bond motifs is 3. The van der Waals surface area contributed by atoms with Crippen LogP contribution in [0.25, 0.3) is 21.9 Å². The van der Waals surface area contributed by atoms with Gasteiger partial charge < -0.3 is 0 Å². The van der Waals surface area contributed by atoms with Gasteiger partial charge in [0.2, 0.25) is 0 Å². The van der Waals surface area contributed by atoms with E-state index in [1.807, 2.05) is 30.3 Å². The summed E-state index contributed by atoms with van der Waals surface area (Å²) in [6.45, 7) is 0. The Hall–Kier alpha value is -2.03. The summed E-state index contributed by atoms with van der Waals surface area (Å²) in [5.41, 5.74) is 2.68. The number of benzene rings is 1. The first-order chi connectivity index (χ1) is 6.95. The Morgan fingerprint density at radius 2 is 1.79 bits per heavy atom. The van der Waals surface area contributed by atoms with Crippen molar-refractivity contribution in [3.05, 3.63) is 42.9 Å². The maximum Gasteiger partial charge on any atom is 0.117 e. The lowest BCUT2D eigenvalue weighted by Gasteiger charge is -1.91. The molecule has 66 valence electrons. The summed E-state index contributed by atoms with van der Waals surface area (Å²) in [5.74, 6) is 0. The molecule has 3 aromatic rings. The number of aromatic nitrogens is 3. The van der Waals surface area contributed by atoms with E-state index in [0.29, 0.717) is 0 Å². The minimum Gasteiger partial charge on any atom is -0.254 e. The number of rotatable bonds is 0. The highest BCUT2D eigenvalue weighted by atomic mass is 14.9. The molecule has 0 aliphatic heterocycles. The summed E-state index contributed by atoms with van der Waals surface area (Å²) in [7, 11) is 0. The van der Waals surface area contributed by atoms with E-state index in [2.05, 4.69) is 15.0 Å². The lowest BCUT2D eigenvalue weighted by molar-refractivity contribution is 1.34. The molecule has 0 amide bonds. The molecular weight excluding hydrogens is 174 g/mol. The van der Waals surface area contributed by atoms with Crippen molar-refractivity contribution in [1.82, 2.24) is 15.0 Å². The number of hydrogen-bond acceptors (Lipinski definition) is 3. The molecule has 1 aromatic carbocycles. The van der Waals surface area contributed by atoms with Crippen molar-refractivity contribution in [2.75, 3.05) is 0 Å². The van der Waals surface area contributed by atoms with Crippen molar-refractivity contribution < 1.29 is 0 Å². The zero-order valence-corrected chi connectivity index (χ0v) is 7.38. The molecule has 0 aliphatic carbocycles. The largest absolute Gasteiger partial charge is 0.254 e. The van der Waals surface area contributed by atoms with E-state index in [4.69, 9.17) is 0 Å². The molecule has 2 heterocycles. The van der Waals surface area contributed by atoms with Crippen LogP contribution in [0.3, 0.4) is 0 Å². The third-order valence-electron chi connectivity index (χ3n) is 2.22. The maximum absolute atomic E-state index is 4.34. The second-order valence-corrected chi connectivity index (χ2v) is 3.07. The minimum absolute atomic E-state index is 0.874. The second-order valence-electron chi connectivity index (χ2n) is 3.07. The molecule has 0 saturated carbocycles. The van der Waals surface area contributed by atoms with E-state index in [0.717, 1.165) is 21.9 Å². The normalized spacial score (nSPS) is 10.9. The summed E-state index contributed by atoms with van der Waals surface area (Å²) < 4.78 is 0. The van der Waals surface area contributed by atoms with Crippen molar-refractivity contribution in [1.29, 1.82) is 0 Å². The summed E-state index contributed by atoms with van der Waals surface area (Å²) in [6.07, 6.45) is 3.34. The van der Waals surface area contributed by atoms with Gasteiger partial charge in [0.25, 0.3) is 0 Å². The fourth-order valence-corrected chi connectivity index (χ4v) is 1.56. The van der Waals surface area contributed by atoms with Crippen LogP contribution in [-0.2, 0) is 0 Å². The van der Waals surface area contributed by atoms with Gasteiger partial charge in [-0.1, -0.05) is 18.2 Å². The summed E-state index contributed by atoms with van der Waals surface area (Å²) in [6, 6.07) is 9.88. The first-order valence-corrected chi connectivity index (χ1v) is 4.39. The van der Waals surface area contributed by atoms with Gasteiger partial charge in [-0.2, -0.15) is 0 Å². The topological polar surface area (TPSA) is 38.7 Å². The Balaban J connectivity index is 2.64. The molecule has 0 N–H and O–H groups in total. The molecule has 0 spiro atoms. The number of hydrogen-bond donors (Lipinski definition) is 0. The average Bonchev–Trinajstić information content (AvgIpc) is 2.55. The van der Waals surface area contributed by atoms with Crippen LogP contribution >= 0.6 is 0 Å². The Morgan fingerprint density at radius 3 is 2.79 bits per heavy atom. The van der Waals surface area contributed by atoms with E-state index in [9.17, 15) is 0 Å².